The number of carbonyl (C=O) groups is 2. The summed E-state index contributed by atoms with van der Waals surface area (Å²) in [5.41, 5.74) is 0.864. The number of hydrogen-bond acceptors (Lipinski definition) is 2. The van der Waals surface area contributed by atoms with Gasteiger partial charge in [0.1, 0.15) is 5.82 Å². The second-order valence-electron chi connectivity index (χ2n) is 6.08. The third kappa shape index (κ3) is 3.64. The Hall–Kier alpha value is -1.91. The third-order valence-electron chi connectivity index (χ3n) is 4.65. The zero-order valence-corrected chi connectivity index (χ0v) is 13.0. The van der Waals surface area contributed by atoms with Crippen molar-refractivity contribution in [3.05, 3.63) is 35.6 Å². The summed E-state index contributed by atoms with van der Waals surface area (Å²) in [6.07, 6.45) is 2.57. The van der Waals surface area contributed by atoms with E-state index in [-0.39, 0.29) is 23.7 Å². The Kier molecular flexibility index (Phi) is 5.16. The van der Waals surface area contributed by atoms with E-state index < -0.39 is 11.9 Å². The Morgan fingerprint density at radius 1 is 1.23 bits per heavy atom. The molecule has 1 fully saturated rings. The van der Waals surface area contributed by atoms with Crippen molar-refractivity contribution < 1.29 is 19.1 Å². The summed E-state index contributed by atoms with van der Waals surface area (Å²) in [5, 5.41) is 9.13. The number of amides is 1. The molecule has 5 heteroatoms. The first-order valence-corrected chi connectivity index (χ1v) is 7.65. The molecule has 120 valence electrons. The molecule has 1 N–H and O–H groups in total. The van der Waals surface area contributed by atoms with Crippen LogP contribution in [0.2, 0.25) is 0 Å². The normalized spacial score (nSPS) is 22.9. The van der Waals surface area contributed by atoms with Crippen molar-refractivity contribution in [3.63, 3.8) is 0 Å². The number of rotatable bonds is 4. The molecular formula is C17H22FNO3. The van der Waals surface area contributed by atoms with E-state index in [1.807, 2.05) is 6.92 Å². The van der Waals surface area contributed by atoms with E-state index >= 15 is 0 Å². The molecule has 0 heterocycles. The van der Waals surface area contributed by atoms with Crippen molar-refractivity contribution in [1.82, 2.24) is 4.90 Å². The molecule has 0 aromatic heterocycles. The van der Waals surface area contributed by atoms with Gasteiger partial charge < -0.3 is 10.0 Å². The van der Waals surface area contributed by atoms with Crippen LogP contribution in [-0.4, -0.2) is 28.9 Å². The quantitative estimate of drug-likeness (QED) is 0.929. The van der Waals surface area contributed by atoms with E-state index in [0.29, 0.717) is 12.8 Å². The van der Waals surface area contributed by atoms with Crippen LogP contribution in [0.5, 0.6) is 0 Å². The number of hydrogen-bond donors (Lipinski definition) is 1. The molecule has 1 aromatic rings. The predicted molar refractivity (Wildman–Crippen MR) is 80.7 cm³/mol. The van der Waals surface area contributed by atoms with Gasteiger partial charge in [0.25, 0.3) is 0 Å². The second kappa shape index (κ2) is 6.90. The molecular weight excluding hydrogens is 285 g/mol. The number of halogens is 1. The highest BCUT2D eigenvalue weighted by Crippen LogP contribution is 2.32. The molecule has 1 saturated carbocycles. The first-order valence-electron chi connectivity index (χ1n) is 7.65. The molecule has 1 aliphatic rings. The number of nitrogens with zero attached hydrogens (tertiary/aromatic N) is 1. The summed E-state index contributed by atoms with van der Waals surface area (Å²) < 4.78 is 13.0. The minimum Gasteiger partial charge on any atom is -0.481 e. The van der Waals surface area contributed by atoms with Gasteiger partial charge in [-0.25, -0.2) is 4.39 Å². The summed E-state index contributed by atoms with van der Waals surface area (Å²) in [6.45, 7) is 1.89. The Bertz CT molecular complexity index is 543. The van der Waals surface area contributed by atoms with Gasteiger partial charge in [0.2, 0.25) is 5.91 Å². The SMILES string of the molecule is CC(c1ccc(F)cc1)N(C)C(=O)C1CCCC(C(=O)O)C1. The molecule has 0 aliphatic heterocycles. The monoisotopic (exact) mass is 307 g/mol. The van der Waals surface area contributed by atoms with Crippen LogP contribution in [0.25, 0.3) is 0 Å². The third-order valence-corrected chi connectivity index (χ3v) is 4.65. The van der Waals surface area contributed by atoms with Crippen molar-refractivity contribution in [2.45, 2.75) is 38.6 Å². The van der Waals surface area contributed by atoms with Crippen LogP contribution in [0.1, 0.15) is 44.2 Å². The molecule has 1 aliphatic carbocycles. The lowest BCUT2D eigenvalue weighted by molar-refractivity contribution is -0.145. The summed E-state index contributed by atoms with van der Waals surface area (Å²) in [5.74, 6) is -1.80. The Balaban J connectivity index is 2.04. The Morgan fingerprint density at radius 3 is 2.41 bits per heavy atom. The lowest BCUT2D eigenvalue weighted by Gasteiger charge is -2.32. The molecule has 4 nitrogen and oxygen atoms in total. The van der Waals surface area contributed by atoms with E-state index in [0.717, 1.165) is 18.4 Å². The van der Waals surface area contributed by atoms with E-state index in [4.69, 9.17) is 5.11 Å². The summed E-state index contributed by atoms with van der Waals surface area (Å²) in [4.78, 5) is 25.4. The highest BCUT2D eigenvalue weighted by molar-refractivity contribution is 5.80. The summed E-state index contributed by atoms with van der Waals surface area (Å²) >= 11 is 0. The molecule has 3 unspecified atom stereocenters. The molecule has 0 saturated heterocycles. The van der Waals surface area contributed by atoms with E-state index in [1.54, 1.807) is 24.1 Å². The van der Waals surface area contributed by atoms with Gasteiger partial charge in [-0.15, -0.1) is 0 Å². The van der Waals surface area contributed by atoms with Gasteiger partial charge in [-0.05, 0) is 43.9 Å². The van der Waals surface area contributed by atoms with Crippen LogP contribution >= 0.6 is 0 Å². The van der Waals surface area contributed by atoms with Gasteiger partial charge in [0.15, 0.2) is 0 Å². The first kappa shape index (κ1) is 16.5. The smallest absolute Gasteiger partial charge is 0.306 e. The summed E-state index contributed by atoms with van der Waals surface area (Å²) in [6, 6.07) is 5.93. The fourth-order valence-corrected chi connectivity index (χ4v) is 3.08. The number of carbonyl (C=O) groups excluding carboxylic acids is 1. The molecule has 1 aromatic carbocycles. The number of carboxylic acids is 1. The maximum Gasteiger partial charge on any atom is 0.306 e. The molecule has 2 rings (SSSR count). The van der Waals surface area contributed by atoms with E-state index in [2.05, 4.69) is 0 Å². The van der Waals surface area contributed by atoms with Gasteiger partial charge >= 0.3 is 5.97 Å². The van der Waals surface area contributed by atoms with Gasteiger partial charge in [0.05, 0.1) is 12.0 Å². The Labute approximate surface area is 129 Å². The predicted octanol–water partition coefficient (Wildman–Crippen LogP) is 3.24. The molecule has 0 radical (unpaired) electrons. The largest absolute Gasteiger partial charge is 0.481 e. The van der Waals surface area contributed by atoms with Crippen LogP contribution in [-0.2, 0) is 9.59 Å². The maximum absolute atomic E-state index is 13.0. The van der Waals surface area contributed by atoms with Gasteiger partial charge in [-0.1, -0.05) is 18.6 Å². The lowest BCUT2D eigenvalue weighted by atomic mass is 9.80. The fourth-order valence-electron chi connectivity index (χ4n) is 3.08. The van der Waals surface area contributed by atoms with Crippen molar-refractivity contribution in [1.29, 1.82) is 0 Å². The van der Waals surface area contributed by atoms with Crippen LogP contribution in [0.3, 0.4) is 0 Å². The Morgan fingerprint density at radius 2 is 1.82 bits per heavy atom. The minimum absolute atomic E-state index is 0.0252. The average molecular weight is 307 g/mol. The van der Waals surface area contributed by atoms with Crippen molar-refractivity contribution >= 4 is 11.9 Å². The van der Waals surface area contributed by atoms with Gasteiger partial charge in [-0.2, -0.15) is 0 Å². The zero-order valence-electron chi connectivity index (χ0n) is 13.0. The molecule has 0 bridgehead atoms. The maximum atomic E-state index is 13.0. The second-order valence-corrected chi connectivity index (χ2v) is 6.08. The molecule has 22 heavy (non-hydrogen) atoms. The van der Waals surface area contributed by atoms with E-state index in [1.165, 1.54) is 12.1 Å². The van der Waals surface area contributed by atoms with Crippen molar-refractivity contribution in [2.75, 3.05) is 7.05 Å². The number of aliphatic carboxylic acids is 1. The molecule has 3 atom stereocenters. The molecule has 1 amide bonds. The van der Waals surface area contributed by atoms with Crippen molar-refractivity contribution in [3.8, 4) is 0 Å². The lowest BCUT2D eigenvalue weighted by Crippen LogP contribution is -2.38. The molecule has 0 spiro atoms. The number of benzene rings is 1. The average Bonchev–Trinajstić information content (AvgIpc) is 2.53. The van der Waals surface area contributed by atoms with E-state index in [9.17, 15) is 14.0 Å². The van der Waals surface area contributed by atoms with Crippen LogP contribution in [0.4, 0.5) is 4.39 Å². The minimum atomic E-state index is -0.813. The highest BCUT2D eigenvalue weighted by Gasteiger charge is 2.33. The van der Waals surface area contributed by atoms with Gasteiger partial charge in [0, 0.05) is 13.0 Å². The van der Waals surface area contributed by atoms with Gasteiger partial charge in [-0.3, -0.25) is 9.59 Å². The fraction of sp³-hybridized carbons (Fsp3) is 0.529. The topological polar surface area (TPSA) is 57.6 Å². The zero-order chi connectivity index (χ0) is 16.3. The van der Waals surface area contributed by atoms with Crippen molar-refractivity contribution in [2.24, 2.45) is 11.8 Å². The number of carboxylic acid groups (broad SMARTS) is 1. The van der Waals surface area contributed by atoms with Crippen LogP contribution in [0, 0.1) is 17.7 Å². The summed E-state index contributed by atoms with van der Waals surface area (Å²) in [7, 11) is 1.72. The highest BCUT2D eigenvalue weighted by atomic mass is 19.1. The first-order chi connectivity index (χ1) is 10.4. The van der Waals surface area contributed by atoms with Crippen LogP contribution < -0.4 is 0 Å². The standard InChI is InChI=1S/C17H22FNO3/c1-11(12-6-8-15(18)9-7-12)19(2)16(20)13-4-3-5-14(10-13)17(21)22/h6-9,11,13-14H,3-5,10H2,1-2H3,(H,21,22). The van der Waals surface area contributed by atoms with Crippen LogP contribution in [0.15, 0.2) is 24.3 Å².